The zero-order valence-electron chi connectivity index (χ0n) is 18.2. The fourth-order valence-electron chi connectivity index (χ4n) is 3.95. The topological polar surface area (TPSA) is 76.1 Å². The summed E-state index contributed by atoms with van der Waals surface area (Å²) in [4.78, 5) is 15.1. The number of aromatic nitrogens is 1. The van der Waals surface area contributed by atoms with Crippen molar-refractivity contribution in [3.8, 4) is 0 Å². The monoisotopic (exact) mass is 508 g/mol. The second kappa shape index (κ2) is 8.86. The first-order chi connectivity index (χ1) is 15.5. The molecule has 0 unspecified atom stereocenters. The fourth-order valence-corrected chi connectivity index (χ4v) is 5.58. The molecule has 1 aliphatic carbocycles. The van der Waals surface area contributed by atoms with Gasteiger partial charge in [0.1, 0.15) is 5.69 Å². The molecule has 5 nitrogen and oxygen atoms in total. The lowest BCUT2D eigenvalue weighted by Gasteiger charge is -2.40. The molecule has 3 rings (SSSR count). The lowest BCUT2D eigenvalue weighted by atomic mass is 9.75. The summed E-state index contributed by atoms with van der Waals surface area (Å²) in [6.07, 6.45) is -7.42. The van der Waals surface area contributed by atoms with E-state index in [2.05, 4.69) is 10.3 Å². The molecule has 1 amide bonds. The van der Waals surface area contributed by atoms with E-state index in [0.717, 1.165) is 30.5 Å². The predicted molar refractivity (Wildman–Crippen MR) is 111 cm³/mol. The first kappa shape index (κ1) is 26.0. The summed E-state index contributed by atoms with van der Waals surface area (Å²) in [6, 6.07) is 5.04. The Labute approximate surface area is 192 Å². The van der Waals surface area contributed by atoms with Crippen LogP contribution in [-0.4, -0.2) is 30.1 Å². The molecular weight excluding hydrogens is 486 g/mol. The highest BCUT2D eigenvalue weighted by Crippen LogP contribution is 2.40. The minimum Gasteiger partial charge on any atom is -0.349 e. The smallest absolute Gasteiger partial charge is 0.349 e. The number of rotatable bonds is 6. The average molecular weight is 508 g/mol. The number of pyridine rings is 1. The van der Waals surface area contributed by atoms with Crippen LogP contribution in [0, 0.1) is 5.92 Å². The zero-order valence-corrected chi connectivity index (χ0v) is 19.0. The van der Waals surface area contributed by atoms with E-state index >= 15 is 0 Å². The fraction of sp³-hybridized carbons (Fsp3) is 0.455. The van der Waals surface area contributed by atoms with Gasteiger partial charge in [0.05, 0.1) is 20.8 Å². The molecule has 0 radical (unpaired) electrons. The van der Waals surface area contributed by atoms with Gasteiger partial charge in [0.2, 0.25) is 0 Å². The first-order valence-electron chi connectivity index (χ1n) is 10.3. The molecule has 1 N–H and O–H groups in total. The molecule has 0 saturated heterocycles. The van der Waals surface area contributed by atoms with E-state index in [1.807, 2.05) is 0 Å². The van der Waals surface area contributed by atoms with E-state index in [1.165, 1.54) is 13.8 Å². The molecule has 0 aliphatic heterocycles. The Morgan fingerprint density at radius 3 is 2.21 bits per heavy atom. The number of benzene rings is 1. The lowest BCUT2D eigenvalue weighted by molar-refractivity contribution is -0.141. The summed E-state index contributed by atoms with van der Waals surface area (Å²) in [5.41, 5.74) is -2.20. The molecule has 1 aliphatic rings. The van der Waals surface area contributed by atoms with Crippen molar-refractivity contribution < 1.29 is 39.6 Å². The number of alkyl halides is 6. The second-order valence-corrected chi connectivity index (χ2v) is 11.5. The van der Waals surface area contributed by atoms with E-state index in [4.69, 9.17) is 0 Å². The van der Waals surface area contributed by atoms with Gasteiger partial charge in [-0.3, -0.25) is 9.78 Å². The summed E-state index contributed by atoms with van der Waals surface area (Å²) in [7, 11) is -4.08. The van der Waals surface area contributed by atoms with Crippen molar-refractivity contribution in [3.63, 3.8) is 0 Å². The Hall–Kier alpha value is -2.63. The lowest BCUT2D eigenvalue weighted by Crippen LogP contribution is -2.47. The van der Waals surface area contributed by atoms with Crippen molar-refractivity contribution in [2.24, 2.45) is 5.92 Å². The van der Waals surface area contributed by atoms with Gasteiger partial charge in [0.25, 0.3) is 5.91 Å². The van der Waals surface area contributed by atoms with Crippen LogP contribution in [0.5, 0.6) is 0 Å². The number of amides is 1. The largest absolute Gasteiger partial charge is 0.433 e. The number of hydrogen-bond donors (Lipinski definition) is 1. The third kappa shape index (κ3) is 5.53. The van der Waals surface area contributed by atoms with Crippen LogP contribution in [0.25, 0.3) is 0 Å². The van der Waals surface area contributed by atoms with Gasteiger partial charge in [0.15, 0.2) is 9.84 Å². The van der Waals surface area contributed by atoms with Gasteiger partial charge in [-0.2, -0.15) is 26.3 Å². The Morgan fingerprint density at radius 1 is 1.03 bits per heavy atom. The molecule has 1 aromatic carbocycles. The van der Waals surface area contributed by atoms with Gasteiger partial charge in [-0.25, -0.2) is 8.42 Å². The molecule has 1 aromatic heterocycles. The number of carbonyl (C=O) groups is 1. The van der Waals surface area contributed by atoms with Crippen LogP contribution in [0.1, 0.15) is 54.7 Å². The van der Waals surface area contributed by atoms with Gasteiger partial charge in [-0.05, 0) is 69.4 Å². The van der Waals surface area contributed by atoms with Crippen LogP contribution < -0.4 is 5.32 Å². The third-order valence-electron chi connectivity index (χ3n) is 5.87. The van der Waals surface area contributed by atoms with Crippen molar-refractivity contribution in [1.29, 1.82) is 0 Å². The standard InChI is InChI=1S/C22H22F6N2O3S/c1-20(2,34(32,33)17-5-3-4-15(10-17)21(23,24)25)11-13-8-16(9-13)30-19(31)14-6-7-18(29-12-14)22(26,27)28/h3-7,10,12-13,16H,8-9,11H2,1-2H3,(H,30,31). The van der Waals surface area contributed by atoms with Gasteiger partial charge in [-0.1, -0.05) is 6.07 Å². The number of nitrogens with zero attached hydrogens (tertiary/aromatic N) is 1. The molecule has 1 fully saturated rings. The van der Waals surface area contributed by atoms with Crippen LogP contribution in [0.3, 0.4) is 0 Å². The van der Waals surface area contributed by atoms with Crippen LogP contribution in [-0.2, 0) is 22.2 Å². The molecule has 0 bridgehead atoms. The summed E-state index contributed by atoms with van der Waals surface area (Å²) in [5.74, 6) is -0.702. The van der Waals surface area contributed by atoms with Crippen molar-refractivity contribution in [2.45, 2.75) is 61.1 Å². The Balaban J connectivity index is 1.59. The highest BCUT2D eigenvalue weighted by molar-refractivity contribution is 7.92. The number of halogens is 6. The summed E-state index contributed by atoms with van der Waals surface area (Å²) in [5, 5.41) is 2.67. The molecule has 1 heterocycles. The summed E-state index contributed by atoms with van der Waals surface area (Å²) >= 11 is 0. The Morgan fingerprint density at radius 2 is 1.68 bits per heavy atom. The van der Waals surface area contributed by atoms with E-state index in [0.29, 0.717) is 25.0 Å². The summed E-state index contributed by atoms with van der Waals surface area (Å²) in [6.45, 7) is 2.89. The van der Waals surface area contributed by atoms with Crippen molar-refractivity contribution >= 4 is 15.7 Å². The van der Waals surface area contributed by atoms with Gasteiger partial charge in [0, 0.05) is 12.2 Å². The van der Waals surface area contributed by atoms with E-state index < -0.39 is 49.0 Å². The normalized spacial score (nSPS) is 19.4. The molecule has 2 aromatic rings. The van der Waals surface area contributed by atoms with Crippen molar-refractivity contribution in [3.05, 3.63) is 59.4 Å². The molecule has 1 saturated carbocycles. The first-order valence-corrected chi connectivity index (χ1v) is 11.7. The van der Waals surface area contributed by atoms with Crippen molar-refractivity contribution in [1.82, 2.24) is 10.3 Å². The number of carbonyl (C=O) groups excluding carboxylic acids is 1. The van der Waals surface area contributed by atoms with Crippen LogP contribution in [0.4, 0.5) is 26.3 Å². The maximum absolute atomic E-state index is 13.0. The quantitative estimate of drug-likeness (QED) is 0.540. The Kier molecular flexibility index (Phi) is 6.77. The maximum Gasteiger partial charge on any atom is 0.433 e. The van der Waals surface area contributed by atoms with Crippen LogP contribution >= 0.6 is 0 Å². The Bertz CT molecular complexity index is 1150. The van der Waals surface area contributed by atoms with E-state index in [-0.39, 0.29) is 23.9 Å². The molecule has 12 heteroatoms. The molecule has 34 heavy (non-hydrogen) atoms. The minimum atomic E-state index is -4.67. The van der Waals surface area contributed by atoms with Gasteiger partial charge < -0.3 is 5.32 Å². The van der Waals surface area contributed by atoms with E-state index in [9.17, 15) is 39.6 Å². The van der Waals surface area contributed by atoms with Crippen LogP contribution in [0.2, 0.25) is 0 Å². The molecule has 186 valence electrons. The van der Waals surface area contributed by atoms with Crippen molar-refractivity contribution in [2.75, 3.05) is 0 Å². The molecular formula is C22H22F6N2O3S. The highest BCUT2D eigenvalue weighted by atomic mass is 32.2. The third-order valence-corrected chi connectivity index (χ3v) is 8.36. The van der Waals surface area contributed by atoms with E-state index in [1.54, 1.807) is 0 Å². The van der Waals surface area contributed by atoms with Gasteiger partial charge >= 0.3 is 12.4 Å². The minimum absolute atomic E-state index is 0.0381. The zero-order chi connectivity index (χ0) is 25.5. The predicted octanol–water partition coefficient (Wildman–Crippen LogP) is 5.27. The van der Waals surface area contributed by atoms with Crippen LogP contribution in [0.15, 0.2) is 47.5 Å². The highest BCUT2D eigenvalue weighted by Gasteiger charge is 2.43. The molecule has 0 atom stereocenters. The number of nitrogens with one attached hydrogen (secondary N) is 1. The second-order valence-electron chi connectivity index (χ2n) is 8.93. The van der Waals surface area contributed by atoms with Gasteiger partial charge in [-0.15, -0.1) is 0 Å². The average Bonchev–Trinajstić information content (AvgIpc) is 2.70. The summed E-state index contributed by atoms with van der Waals surface area (Å²) < 4.78 is 101. The molecule has 0 spiro atoms. The number of hydrogen-bond acceptors (Lipinski definition) is 4. The maximum atomic E-state index is 13.0. The number of sulfone groups is 1. The SMILES string of the molecule is CC(C)(CC1CC(NC(=O)c2ccc(C(F)(F)F)nc2)C1)S(=O)(=O)c1cccc(C(F)(F)F)c1.